The van der Waals surface area contributed by atoms with Crippen LogP contribution in [-0.2, 0) is 0 Å². The predicted octanol–water partition coefficient (Wildman–Crippen LogP) is 10.4. The van der Waals surface area contributed by atoms with Crippen LogP contribution >= 0.6 is 0 Å². The second-order valence-corrected chi connectivity index (χ2v) is 11.1. The molecule has 0 saturated carbocycles. The highest BCUT2D eigenvalue weighted by atomic mass is 19.1. The summed E-state index contributed by atoms with van der Waals surface area (Å²) in [5.74, 6) is -0.967. The molecule has 0 spiro atoms. The van der Waals surface area contributed by atoms with Crippen LogP contribution in [0.5, 0.6) is 0 Å². The van der Waals surface area contributed by atoms with E-state index in [2.05, 4.69) is 19.9 Å². The van der Waals surface area contributed by atoms with Crippen LogP contribution in [0.1, 0.15) is 26.0 Å². The van der Waals surface area contributed by atoms with Crippen molar-refractivity contribution in [3.8, 4) is 44.8 Å². The third kappa shape index (κ3) is 6.96. The molecule has 0 N–H and O–H groups in total. The molecule has 8 rings (SSSR count). The summed E-state index contributed by atoms with van der Waals surface area (Å²) in [5, 5.41) is 0. The SMILES string of the molecule is C.C.Cc1cc(-c2ncccc2-c2ccc3nc(F)cn3c2)ccc1F.Cc1cc(-c2ncccc2-c2ccc3nccn3c2)ccc1F. The highest BCUT2D eigenvalue weighted by Gasteiger charge is 2.13. The first kappa shape index (κ1) is 34.3. The van der Waals surface area contributed by atoms with E-state index in [0.29, 0.717) is 16.8 Å². The lowest BCUT2D eigenvalue weighted by molar-refractivity contribution is 0.592. The zero-order valence-corrected chi connectivity index (χ0v) is 25.4. The van der Waals surface area contributed by atoms with Crippen LogP contribution in [0, 0.1) is 31.4 Å². The summed E-state index contributed by atoms with van der Waals surface area (Å²) in [6.45, 7) is 3.49. The molecule has 0 unspecified atom stereocenters. The van der Waals surface area contributed by atoms with Crippen LogP contribution in [0.2, 0.25) is 0 Å². The first-order chi connectivity index (χ1) is 22.8. The van der Waals surface area contributed by atoms with E-state index in [4.69, 9.17) is 0 Å². The molecule has 6 nitrogen and oxygen atoms in total. The normalized spacial score (nSPS) is 10.6. The molecule has 6 aromatic heterocycles. The number of hydrogen-bond acceptors (Lipinski definition) is 4. The number of halogens is 3. The van der Waals surface area contributed by atoms with Gasteiger partial charge in [-0.25, -0.2) is 18.7 Å². The maximum atomic E-state index is 13.5. The molecule has 0 radical (unpaired) electrons. The Hall–Kier alpha value is -6.09. The molecule has 0 aliphatic heterocycles. The summed E-state index contributed by atoms with van der Waals surface area (Å²) in [5.41, 5.74) is 9.78. The predicted molar refractivity (Wildman–Crippen MR) is 191 cm³/mol. The number of benzene rings is 2. The fourth-order valence-electron chi connectivity index (χ4n) is 5.52. The van der Waals surface area contributed by atoms with E-state index in [0.717, 1.165) is 50.4 Å². The van der Waals surface area contributed by atoms with Crippen LogP contribution in [0.25, 0.3) is 56.1 Å². The van der Waals surface area contributed by atoms with Gasteiger partial charge >= 0.3 is 0 Å². The first-order valence-electron chi connectivity index (χ1n) is 14.8. The number of rotatable bonds is 4. The molecule has 0 atom stereocenters. The Morgan fingerprint density at radius 1 is 0.510 bits per heavy atom. The number of pyridine rings is 4. The van der Waals surface area contributed by atoms with Crippen molar-refractivity contribution in [2.24, 2.45) is 0 Å². The Kier molecular flexibility index (Phi) is 10.0. The third-order valence-corrected chi connectivity index (χ3v) is 7.91. The molecular weight excluding hydrogens is 621 g/mol. The summed E-state index contributed by atoms with van der Waals surface area (Å²) in [6, 6.07) is 25.4. The molecule has 0 aliphatic rings. The molecule has 0 bridgehead atoms. The highest BCUT2D eigenvalue weighted by molar-refractivity contribution is 5.82. The lowest BCUT2D eigenvalue weighted by Crippen LogP contribution is -1.92. The Balaban J connectivity index is 0.000000184. The summed E-state index contributed by atoms with van der Waals surface area (Å²) in [6.07, 6.45) is 12.3. The van der Waals surface area contributed by atoms with Gasteiger partial charge in [0.2, 0.25) is 5.95 Å². The second-order valence-electron chi connectivity index (χ2n) is 11.1. The van der Waals surface area contributed by atoms with Gasteiger partial charge < -0.3 is 8.80 Å². The monoisotopic (exact) mass is 656 g/mol. The van der Waals surface area contributed by atoms with E-state index in [1.54, 1.807) is 61.1 Å². The number of imidazole rings is 2. The Bertz CT molecular complexity index is 2390. The van der Waals surface area contributed by atoms with Gasteiger partial charge in [-0.3, -0.25) is 9.97 Å². The smallest absolute Gasteiger partial charge is 0.231 e. The standard InChI is InChI=1S/C19H13F2N3.C19H14FN3.2CH4/c1-12-9-13(4-6-16(12)20)19-15(3-2-8-22-19)14-5-7-18-23-17(21)11-24(18)10-14;1-13-11-14(4-6-17(13)20)19-16(3-2-8-22-19)15-5-7-18-21-9-10-23(18)12-15;;/h2-11H,1H3;2-12H,1H3;2*1H4. The molecule has 2 aromatic carbocycles. The van der Waals surface area contributed by atoms with Crippen molar-refractivity contribution in [2.75, 3.05) is 0 Å². The molecule has 0 aliphatic carbocycles. The zero-order valence-electron chi connectivity index (χ0n) is 25.4. The molecular formula is C40H35F3N6. The lowest BCUT2D eigenvalue weighted by atomic mass is 9.99. The van der Waals surface area contributed by atoms with E-state index >= 15 is 0 Å². The van der Waals surface area contributed by atoms with Crippen molar-refractivity contribution in [1.82, 2.24) is 28.7 Å². The van der Waals surface area contributed by atoms with E-state index in [1.807, 2.05) is 71.5 Å². The van der Waals surface area contributed by atoms with Gasteiger partial charge in [-0.1, -0.05) is 27.0 Å². The van der Waals surface area contributed by atoms with Gasteiger partial charge in [0.05, 0.1) is 17.6 Å². The van der Waals surface area contributed by atoms with E-state index in [-0.39, 0.29) is 26.5 Å². The number of aromatic nitrogens is 6. The topological polar surface area (TPSA) is 60.4 Å². The average Bonchev–Trinajstić information content (AvgIpc) is 3.72. The van der Waals surface area contributed by atoms with Gasteiger partial charge in [0.15, 0.2) is 0 Å². The molecule has 8 aromatic rings. The van der Waals surface area contributed by atoms with Crippen molar-refractivity contribution < 1.29 is 13.2 Å². The molecule has 0 amide bonds. The summed E-state index contributed by atoms with van der Waals surface area (Å²) in [4.78, 5) is 17.0. The minimum Gasteiger partial charge on any atom is -0.306 e. The lowest BCUT2D eigenvalue weighted by Gasteiger charge is -2.10. The van der Waals surface area contributed by atoms with Crippen molar-refractivity contribution in [3.05, 3.63) is 157 Å². The first-order valence-corrected chi connectivity index (χ1v) is 14.8. The third-order valence-electron chi connectivity index (χ3n) is 7.91. The summed E-state index contributed by atoms with van der Waals surface area (Å²) in [7, 11) is 0. The average molecular weight is 657 g/mol. The number of hydrogen-bond donors (Lipinski definition) is 0. The Morgan fingerprint density at radius 2 is 1.02 bits per heavy atom. The fraction of sp³-hybridized carbons (Fsp3) is 0.100. The number of aryl methyl sites for hydroxylation is 2. The van der Waals surface area contributed by atoms with Gasteiger partial charge in [-0.2, -0.15) is 4.39 Å². The number of fused-ring (bicyclic) bond motifs is 2. The summed E-state index contributed by atoms with van der Waals surface area (Å²) < 4.78 is 44.0. The van der Waals surface area contributed by atoms with Gasteiger partial charge in [-0.15, -0.1) is 0 Å². The van der Waals surface area contributed by atoms with Crippen LogP contribution in [0.4, 0.5) is 13.2 Å². The fourth-order valence-corrected chi connectivity index (χ4v) is 5.52. The maximum Gasteiger partial charge on any atom is 0.231 e. The van der Waals surface area contributed by atoms with Crippen molar-refractivity contribution in [1.29, 1.82) is 0 Å². The Labute approximate surface area is 283 Å². The summed E-state index contributed by atoms with van der Waals surface area (Å²) >= 11 is 0. The molecule has 246 valence electrons. The quantitative estimate of drug-likeness (QED) is 0.189. The molecule has 0 fully saturated rings. The largest absolute Gasteiger partial charge is 0.306 e. The number of nitrogens with zero attached hydrogens (tertiary/aromatic N) is 6. The minimum atomic E-state index is -0.521. The maximum absolute atomic E-state index is 13.5. The van der Waals surface area contributed by atoms with E-state index in [9.17, 15) is 13.2 Å². The van der Waals surface area contributed by atoms with Gasteiger partial charge in [-0.05, 0) is 97.8 Å². The highest BCUT2D eigenvalue weighted by Crippen LogP contribution is 2.32. The van der Waals surface area contributed by atoms with Crippen molar-refractivity contribution in [3.63, 3.8) is 0 Å². The van der Waals surface area contributed by atoms with Crippen LogP contribution in [0.3, 0.4) is 0 Å². The van der Waals surface area contributed by atoms with Crippen molar-refractivity contribution >= 4 is 11.3 Å². The van der Waals surface area contributed by atoms with Gasteiger partial charge in [0, 0.05) is 70.6 Å². The molecule has 49 heavy (non-hydrogen) atoms. The van der Waals surface area contributed by atoms with E-state index in [1.165, 1.54) is 18.3 Å². The minimum absolute atomic E-state index is 0. The zero-order chi connectivity index (χ0) is 32.5. The van der Waals surface area contributed by atoms with E-state index < -0.39 is 5.95 Å². The second kappa shape index (κ2) is 14.4. The van der Waals surface area contributed by atoms with Crippen LogP contribution < -0.4 is 0 Å². The Morgan fingerprint density at radius 3 is 1.57 bits per heavy atom. The molecule has 6 heterocycles. The van der Waals surface area contributed by atoms with Crippen LogP contribution in [-0.4, -0.2) is 28.7 Å². The molecule has 9 heteroatoms. The molecule has 0 saturated heterocycles. The van der Waals surface area contributed by atoms with Gasteiger partial charge in [0.25, 0.3) is 0 Å². The van der Waals surface area contributed by atoms with Gasteiger partial charge in [0.1, 0.15) is 22.9 Å². The van der Waals surface area contributed by atoms with Crippen LogP contribution in [0.15, 0.2) is 128 Å². The van der Waals surface area contributed by atoms with Crippen molar-refractivity contribution in [2.45, 2.75) is 28.7 Å².